The Morgan fingerprint density at radius 3 is 2.52 bits per heavy atom. The monoisotopic (exact) mass is 448 g/mol. The molecule has 7 nitrogen and oxygen atoms in total. The number of halogens is 1. The molecular formula is C18H17BrN4O3S. The molecule has 0 unspecified atom stereocenters. The largest absolute Gasteiger partial charge is 0.389 e. The normalized spacial score (nSPS) is 11.5. The van der Waals surface area contributed by atoms with Gasteiger partial charge in [0.05, 0.1) is 4.90 Å². The fraction of sp³-hybridized carbons (Fsp3) is 0.111. The van der Waals surface area contributed by atoms with Gasteiger partial charge in [-0.1, -0.05) is 28.1 Å². The number of carbonyl (C=O) groups is 1. The predicted molar refractivity (Wildman–Crippen MR) is 106 cm³/mol. The van der Waals surface area contributed by atoms with Crippen LogP contribution in [0.4, 0.5) is 5.69 Å². The fourth-order valence-corrected chi connectivity index (χ4v) is 3.12. The minimum absolute atomic E-state index is 0.0641. The summed E-state index contributed by atoms with van der Waals surface area (Å²) in [5, 5.41) is 19.6. The molecule has 0 fully saturated rings. The van der Waals surface area contributed by atoms with Crippen LogP contribution in [0, 0.1) is 11.3 Å². The number of nitrogens with one attached hydrogen (secondary N) is 2. The SMILES string of the molecule is N#C/C(=C/NCCc1cccc(Br)c1)C(=O)Nc1ccc(S(N)(=O)=O)cc1. The first kappa shape index (κ1) is 20.6. The maximum atomic E-state index is 12.1. The number of primary sulfonamides is 1. The molecule has 0 saturated carbocycles. The molecule has 0 aromatic heterocycles. The molecule has 0 spiro atoms. The lowest BCUT2D eigenvalue weighted by Crippen LogP contribution is -2.18. The van der Waals surface area contributed by atoms with Crippen molar-refractivity contribution in [1.29, 1.82) is 5.26 Å². The number of sulfonamides is 1. The van der Waals surface area contributed by atoms with Crippen molar-refractivity contribution in [3.05, 3.63) is 70.3 Å². The van der Waals surface area contributed by atoms with Crippen molar-refractivity contribution in [1.82, 2.24) is 5.32 Å². The van der Waals surface area contributed by atoms with E-state index in [1.807, 2.05) is 30.3 Å². The first-order valence-corrected chi connectivity index (χ1v) is 10.2. The molecule has 0 radical (unpaired) electrons. The van der Waals surface area contributed by atoms with Crippen molar-refractivity contribution in [2.45, 2.75) is 11.3 Å². The van der Waals surface area contributed by atoms with E-state index in [0.29, 0.717) is 12.2 Å². The molecule has 9 heteroatoms. The lowest BCUT2D eigenvalue weighted by molar-refractivity contribution is -0.112. The van der Waals surface area contributed by atoms with E-state index in [1.54, 1.807) is 0 Å². The second kappa shape index (κ2) is 9.32. The van der Waals surface area contributed by atoms with E-state index >= 15 is 0 Å². The number of anilines is 1. The highest BCUT2D eigenvalue weighted by atomic mass is 79.9. The van der Waals surface area contributed by atoms with Gasteiger partial charge in [0.1, 0.15) is 11.6 Å². The third-order valence-electron chi connectivity index (χ3n) is 3.50. The van der Waals surface area contributed by atoms with E-state index in [2.05, 4.69) is 26.6 Å². The maximum absolute atomic E-state index is 12.1. The second-order valence-electron chi connectivity index (χ2n) is 5.53. The molecule has 0 saturated heterocycles. The summed E-state index contributed by atoms with van der Waals surface area (Å²) in [6, 6.07) is 15.0. The Morgan fingerprint density at radius 2 is 1.93 bits per heavy atom. The number of nitriles is 1. The molecule has 0 aliphatic rings. The summed E-state index contributed by atoms with van der Waals surface area (Å²) in [4.78, 5) is 12.1. The number of benzene rings is 2. The van der Waals surface area contributed by atoms with E-state index in [4.69, 9.17) is 10.4 Å². The van der Waals surface area contributed by atoms with Crippen molar-refractivity contribution in [2.24, 2.45) is 5.14 Å². The average molecular weight is 449 g/mol. The molecule has 2 rings (SSSR count). The zero-order chi connectivity index (χ0) is 19.9. The first-order valence-electron chi connectivity index (χ1n) is 7.82. The molecule has 0 atom stereocenters. The Bertz CT molecular complexity index is 996. The summed E-state index contributed by atoms with van der Waals surface area (Å²) in [7, 11) is -3.80. The summed E-state index contributed by atoms with van der Waals surface area (Å²) >= 11 is 3.40. The summed E-state index contributed by atoms with van der Waals surface area (Å²) in [6.07, 6.45) is 2.08. The van der Waals surface area contributed by atoms with Gasteiger partial charge in [-0.05, 0) is 48.4 Å². The van der Waals surface area contributed by atoms with Gasteiger partial charge in [0.15, 0.2) is 0 Å². The Labute approximate surface area is 166 Å². The van der Waals surface area contributed by atoms with Crippen LogP contribution in [0.1, 0.15) is 5.56 Å². The van der Waals surface area contributed by atoms with Crippen LogP contribution < -0.4 is 15.8 Å². The van der Waals surface area contributed by atoms with Gasteiger partial charge in [0.25, 0.3) is 5.91 Å². The summed E-state index contributed by atoms with van der Waals surface area (Å²) < 4.78 is 23.4. The number of amides is 1. The third-order valence-corrected chi connectivity index (χ3v) is 4.92. The molecule has 0 bridgehead atoms. The summed E-state index contributed by atoms with van der Waals surface area (Å²) in [5.74, 6) is -0.601. The van der Waals surface area contributed by atoms with Gasteiger partial charge in [0.2, 0.25) is 10.0 Å². The zero-order valence-corrected chi connectivity index (χ0v) is 16.5. The van der Waals surface area contributed by atoms with E-state index in [0.717, 1.165) is 16.5 Å². The highest BCUT2D eigenvalue weighted by Gasteiger charge is 2.11. The molecule has 4 N–H and O–H groups in total. The Morgan fingerprint density at radius 1 is 1.22 bits per heavy atom. The topological polar surface area (TPSA) is 125 Å². The quantitative estimate of drug-likeness (QED) is 0.340. The van der Waals surface area contributed by atoms with Crippen LogP contribution in [-0.2, 0) is 21.2 Å². The maximum Gasteiger partial charge on any atom is 0.267 e. The van der Waals surface area contributed by atoms with Crippen LogP contribution in [0.15, 0.2) is 69.7 Å². The second-order valence-corrected chi connectivity index (χ2v) is 8.00. The third kappa shape index (κ3) is 6.53. The van der Waals surface area contributed by atoms with Gasteiger partial charge >= 0.3 is 0 Å². The minimum Gasteiger partial charge on any atom is -0.389 e. The van der Waals surface area contributed by atoms with E-state index in [-0.39, 0.29) is 10.5 Å². The molecule has 140 valence electrons. The zero-order valence-electron chi connectivity index (χ0n) is 14.1. The van der Waals surface area contributed by atoms with Gasteiger partial charge in [-0.2, -0.15) is 5.26 Å². The molecular weight excluding hydrogens is 432 g/mol. The number of hydrogen-bond acceptors (Lipinski definition) is 5. The predicted octanol–water partition coefficient (Wildman–Crippen LogP) is 2.27. The molecule has 0 aliphatic carbocycles. The highest BCUT2D eigenvalue weighted by Crippen LogP contribution is 2.14. The molecule has 1 amide bonds. The lowest BCUT2D eigenvalue weighted by atomic mass is 10.1. The molecule has 2 aromatic carbocycles. The van der Waals surface area contributed by atoms with Crippen LogP contribution in [-0.4, -0.2) is 20.9 Å². The van der Waals surface area contributed by atoms with Gasteiger partial charge in [-0.3, -0.25) is 4.79 Å². The van der Waals surface area contributed by atoms with Crippen molar-refractivity contribution < 1.29 is 13.2 Å². The lowest BCUT2D eigenvalue weighted by Gasteiger charge is -2.06. The van der Waals surface area contributed by atoms with Crippen LogP contribution in [0.25, 0.3) is 0 Å². The fourth-order valence-electron chi connectivity index (χ4n) is 2.16. The van der Waals surface area contributed by atoms with Crippen molar-refractivity contribution in [3.63, 3.8) is 0 Å². The van der Waals surface area contributed by atoms with Gasteiger partial charge in [-0.15, -0.1) is 0 Å². The molecule has 27 heavy (non-hydrogen) atoms. The van der Waals surface area contributed by atoms with Crippen molar-refractivity contribution >= 4 is 37.5 Å². The van der Waals surface area contributed by atoms with Crippen LogP contribution >= 0.6 is 15.9 Å². The van der Waals surface area contributed by atoms with Crippen molar-refractivity contribution in [3.8, 4) is 6.07 Å². The van der Waals surface area contributed by atoms with Gasteiger partial charge in [0, 0.05) is 22.9 Å². The van der Waals surface area contributed by atoms with Crippen LogP contribution in [0.5, 0.6) is 0 Å². The Kier molecular flexibility index (Phi) is 7.12. The molecule has 0 aliphatic heterocycles. The van der Waals surface area contributed by atoms with Gasteiger partial charge in [-0.25, -0.2) is 13.6 Å². The number of nitrogens with two attached hydrogens (primary N) is 1. The van der Waals surface area contributed by atoms with E-state index in [9.17, 15) is 13.2 Å². The number of nitrogens with zero attached hydrogens (tertiary/aromatic N) is 1. The van der Waals surface area contributed by atoms with Crippen molar-refractivity contribution in [2.75, 3.05) is 11.9 Å². The molecule has 0 heterocycles. The number of rotatable bonds is 7. The summed E-state index contributed by atoms with van der Waals surface area (Å²) in [5.41, 5.74) is 1.37. The number of hydrogen-bond donors (Lipinski definition) is 3. The standard InChI is InChI=1S/C18H17BrN4O3S/c19-15-3-1-2-13(10-15)8-9-22-12-14(11-20)18(24)23-16-4-6-17(7-5-16)27(21,25)26/h1-7,10,12,22H,8-9H2,(H,23,24)(H2,21,25,26)/b14-12-. The van der Waals surface area contributed by atoms with Crippen LogP contribution in [0.2, 0.25) is 0 Å². The highest BCUT2D eigenvalue weighted by molar-refractivity contribution is 9.10. The first-order chi connectivity index (χ1) is 12.8. The van der Waals surface area contributed by atoms with E-state index in [1.165, 1.54) is 30.5 Å². The smallest absolute Gasteiger partial charge is 0.267 e. The van der Waals surface area contributed by atoms with E-state index < -0.39 is 15.9 Å². The Hall–Kier alpha value is -2.67. The van der Waals surface area contributed by atoms with Crippen LogP contribution in [0.3, 0.4) is 0 Å². The van der Waals surface area contributed by atoms with Gasteiger partial charge < -0.3 is 10.6 Å². The summed E-state index contributed by atoms with van der Waals surface area (Å²) in [6.45, 7) is 0.554. The number of carbonyl (C=O) groups excluding carboxylic acids is 1. The average Bonchev–Trinajstić information content (AvgIpc) is 2.61. The minimum atomic E-state index is -3.80. The molecule has 2 aromatic rings. The Balaban J connectivity index is 1.93.